The van der Waals surface area contributed by atoms with E-state index in [-0.39, 0.29) is 11.7 Å². The molecule has 0 saturated carbocycles. The number of nitrogens with zero attached hydrogens (tertiary/aromatic N) is 2. The Labute approximate surface area is 118 Å². The lowest BCUT2D eigenvalue weighted by atomic mass is 10.1. The van der Waals surface area contributed by atoms with Gasteiger partial charge >= 0.3 is 0 Å². The van der Waals surface area contributed by atoms with E-state index in [1.807, 2.05) is 13.8 Å². The molecule has 1 N–H and O–H groups in total. The van der Waals surface area contributed by atoms with E-state index in [0.29, 0.717) is 4.47 Å². The molecule has 0 aliphatic heterocycles. The molecule has 0 aliphatic rings. The molecular formula is C13H12BrF2N3. The van der Waals surface area contributed by atoms with Crippen LogP contribution in [-0.4, -0.2) is 9.97 Å². The average Bonchev–Trinajstić information content (AvgIpc) is 2.34. The van der Waals surface area contributed by atoms with Gasteiger partial charge in [0.05, 0.1) is 23.1 Å². The number of hydrogen-bond donors (Lipinski definition) is 1. The maximum absolute atomic E-state index is 13.7. The van der Waals surface area contributed by atoms with Gasteiger partial charge in [-0.15, -0.1) is 0 Å². The highest BCUT2D eigenvalue weighted by atomic mass is 79.9. The zero-order valence-corrected chi connectivity index (χ0v) is 12.0. The molecule has 2 aromatic rings. The van der Waals surface area contributed by atoms with E-state index in [1.54, 1.807) is 12.4 Å². The molecule has 1 unspecified atom stereocenters. The first-order valence-corrected chi connectivity index (χ1v) is 6.47. The molecule has 1 heterocycles. The Bertz CT molecular complexity index is 581. The Morgan fingerprint density at radius 2 is 1.89 bits per heavy atom. The van der Waals surface area contributed by atoms with Crippen LogP contribution < -0.4 is 5.32 Å². The molecule has 1 aromatic heterocycles. The number of rotatable bonds is 3. The number of aromatic nitrogens is 2. The molecule has 0 amide bonds. The van der Waals surface area contributed by atoms with Crippen molar-refractivity contribution in [2.75, 3.05) is 5.32 Å². The van der Waals surface area contributed by atoms with Crippen molar-refractivity contribution >= 4 is 21.6 Å². The highest BCUT2D eigenvalue weighted by Crippen LogP contribution is 2.30. The summed E-state index contributed by atoms with van der Waals surface area (Å²) in [4.78, 5) is 8.35. The van der Waals surface area contributed by atoms with Crippen molar-refractivity contribution in [2.45, 2.75) is 19.9 Å². The molecule has 1 atom stereocenters. The van der Waals surface area contributed by atoms with Crippen molar-refractivity contribution < 1.29 is 8.78 Å². The van der Waals surface area contributed by atoms with Gasteiger partial charge in [-0.3, -0.25) is 9.97 Å². The Morgan fingerprint density at radius 1 is 1.21 bits per heavy atom. The van der Waals surface area contributed by atoms with E-state index in [1.165, 1.54) is 6.07 Å². The Hall–Kier alpha value is -1.56. The average molecular weight is 328 g/mol. The third-order valence-electron chi connectivity index (χ3n) is 2.70. The highest BCUT2D eigenvalue weighted by Gasteiger charge is 2.15. The summed E-state index contributed by atoms with van der Waals surface area (Å²) in [6.45, 7) is 3.67. The van der Waals surface area contributed by atoms with Crippen LogP contribution in [0, 0.1) is 18.6 Å². The maximum Gasteiger partial charge on any atom is 0.150 e. The van der Waals surface area contributed by atoms with Gasteiger partial charge in [-0.2, -0.15) is 0 Å². The van der Waals surface area contributed by atoms with E-state index < -0.39 is 11.6 Å². The molecular weight excluding hydrogens is 316 g/mol. The molecule has 100 valence electrons. The monoisotopic (exact) mass is 327 g/mol. The summed E-state index contributed by atoms with van der Waals surface area (Å²) in [5.41, 5.74) is 1.69. The standard InChI is InChI=1S/C13H12BrF2N3/c1-7-12(18-4-3-17-7)8(2)19-13-10(14)5-9(15)6-11(13)16/h3-6,8,19H,1-2H3. The lowest BCUT2D eigenvalue weighted by Gasteiger charge is -2.17. The van der Waals surface area contributed by atoms with Gasteiger partial charge in [0, 0.05) is 22.9 Å². The molecule has 19 heavy (non-hydrogen) atoms. The first-order valence-electron chi connectivity index (χ1n) is 5.67. The van der Waals surface area contributed by atoms with E-state index in [2.05, 4.69) is 31.2 Å². The molecule has 3 nitrogen and oxygen atoms in total. The van der Waals surface area contributed by atoms with E-state index in [0.717, 1.165) is 17.5 Å². The zero-order chi connectivity index (χ0) is 14.0. The minimum Gasteiger partial charge on any atom is -0.374 e. The van der Waals surface area contributed by atoms with E-state index in [4.69, 9.17) is 0 Å². The fourth-order valence-electron chi connectivity index (χ4n) is 1.81. The zero-order valence-electron chi connectivity index (χ0n) is 10.4. The summed E-state index contributed by atoms with van der Waals surface area (Å²) in [5.74, 6) is -1.28. The van der Waals surface area contributed by atoms with Crippen LogP contribution in [0.2, 0.25) is 0 Å². The lowest BCUT2D eigenvalue weighted by Crippen LogP contribution is -2.12. The molecule has 6 heteroatoms. The fourth-order valence-corrected chi connectivity index (χ4v) is 2.33. The number of halogens is 3. The van der Waals surface area contributed by atoms with E-state index >= 15 is 0 Å². The summed E-state index contributed by atoms with van der Waals surface area (Å²) in [6.07, 6.45) is 3.18. The molecule has 2 rings (SSSR count). The maximum atomic E-state index is 13.7. The van der Waals surface area contributed by atoms with Gasteiger partial charge in [-0.05, 0) is 35.8 Å². The van der Waals surface area contributed by atoms with Crippen molar-refractivity contribution in [1.29, 1.82) is 0 Å². The Morgan fingerprint density at radius 3 is 2.53 bits per heavy atom. The molecule has 0 fully saturated rings. The van der Waals surface area contributed by atoms with Crippen molar-refractivity contribution in [3.63, 3.8) is 0 Å². The van der Waals surface area contributed by atoms with Gasteiger partial charge < -0.3 is 5.32 Å². The number of hydrogen-bond acceptors (Lipinski definition) is 3. The summed E-state index contributed by atoms with van der Waals surface area (Å²) in [6, 6.07) is 1.80. The van der Waals surface area contributed by atoms with Crippen molar-refractivity contribution in [3.8, 4) is 0 Å². The largest absolute Gasteiger partial charge is 0.374 e. The van der Waals surface area contributed by atoms with Crippen LogP contribution in [0.15, 0.2) is 29.0 Å². The molecule has 0 radical (unpaired) electrons. The molecule has 0 bridgehead atoms. The highest BCUT2D eigenvalue weighted by molar-refractivity contribution is 9.10. The van der Waals surface area contributed by atoms with Gasteiger partial charge in [-0.25, -0.2) is 8.78 Å². The summed E-state index contributed by atoms with van der Waals surface area (Å²) in [5, 5.41) is 2.97. The summed E-state index contributed by atoms with van der Waals surface area (Å²) in [7, 11) is 0. The van der Waals surface area contributed by atoms with Crippen LogP contribution in [0.25, 0.3) is 0 Å². The third kappa shape index (κ3) is 3.07. The molecule has 0 saturated heterocycles. The van der Waals surface area contributed by atoms with Crippen LogP contribution in [0.1, 0.15) is 24.4 Å². The molecule has 0 aliphatic carbocycles. The second kappa shape index (κ2) is 5.61. The number of aryl methyl sites for hydroxylation is 1. The quantitative estimate of drug-likeness (QED) is 0.925. The van der Waals surface area contributed by atoms with Crippen molar-refractivity contribution in [2.24, 2.45) is 0 Å². The number of anilines is 1. The van der Waals surface area contributed by atoms with Crippen LogP contribution in [0.4, 0.5) is 14.5 Å². The minimum atomic E-state index is -0.653. The van der Waals surface area contributed by atoms with Gasteiger partial charge in [0.2, 0.25) is 0 Å². The number of benzene rings is 1. The smallest absolute Gasteiger partial charge is 0.150 e. The van der Waals surface area contributed by atoms with Crippen molar-refractivity contribution in [3.05, 3.63) is 52.0 Å². The van der Waals surface area contributed by atoms with Crippen LogP contribution >= 0.6 is 15.9 Å². The molecule has 0 spiro atoms. The lowest BCUT2D eigenvalue weighted by molar-refractivity contribution is 0.582. The summed E-state index contributed by atoms with van der Waals surface area (Å²) >= 11 is 3.14. The normalized spacial score (nSPS) is 12.3. The van der Waals surface area contributed by atoms with Crippen LogP contribution in [0.5, 0.6) is 0 Å². The van der Waals surface area contributed by atoms with Gasteiger partial charge in [0.15, 0.2) is 0 Å². The fraction of sp³-hybridized carbons (Fsp3) is 0.231. The van der Waals surface area contributed by atoms with Gasteiger partial charge in [0.25, 0.3) is 0 Å². The summed E-state index contributed by atoms with van der Waals surface area (Å²) < 4.78 is 27.1. The van der Waals surface area contributed by atoms with Crippen LogP contribution in [0.3, 0.4) is 0 Å². The minimum absolute atomic E-state index is 0.207. The van der Waals surface area contributed by atoms with Crippen LogP contribution in [-0.2, 0) is 0 Å². The van der Waals surface area contributed by atoms with E-state index in [9.17, 15) is 8.78 Å². The Kier molecular flexibility index (Phi) is 4.09. The Balaban J connectivity index is 2.29. The second-order valence-electron chi connectivity index (χ2n) is 4.14. The van der Waals surface area contributed by atoms with Crippen molar-refractivity contribution in [1.82, 2.24) is 9.97 Å². The first kappa shape index (κ1) is 13.9. The van der Waals surface area contributed by atoms with Gasteiger partial charge in [-0.1, -0.05) is 0 Å². The van der Waals surface area contributed by atoms with Gasteiger partial charge in [0.1, 0.15) is 11.6 Å². The second-order valence-corrected chi connectivity index (χ2v) is 4.99. The predicted molar refractivity (Wildman–Crippen MR) is 72.9 cm³/mol. The number of nitrogens with one attached hydrogen (secondary N) is 1. The molecule has 1 aromatic carbocycles. The first-order chi connectivity index (χ1) is 8.99. The third-order valence-corrected chi connectivity index (χ3v) is 3.32. The predicted octanol–water partition coefficient (Wildman–Crippen LogP) is 4.00. The topological polar surface area (TPSA) is 37.8 Å². The SMILES string of the molecule is Cc1nccnc1C(C)Nc1c(F)cc(F)cc1Br.